The fourth-order valence-electron chi connectivity index (χ4n) is 4.21. The molecule has 0 bridgehead atoms. The van der Waals surface area contributed by atoms with Gasteiger partial charge in [0.2, 0.25) is 6.08 Å². The number of rotatable bonds is 3. The Hall–Kier alpha value is -0.620. The summed E-state index contributed by atoms with van der Waals surface area (Å²) in [6, 6.07) is 0.248. The van der Waals surface area contributed by atoms with Crippen LogP contribution in [0.5, 0.6) is 0 Å². The lowest BCUT2D eigenvalue weighted by Gasteiger charge is -2.44. The average Bonchev–Trinajstić information content (AvgIpc) is 2.37. The third-order valence-corrected chi connectivity index (χ3v) is 5.34. The van der Waals surface area contributed by atoms with Crippen LogP contribution in [0.1, 0.15) is 71.6 Å². The van der Waals surface area contributed by atoms with E-state index in [9.17, 15) is 4.79 Å². The summed E-state index contributed by atoms with van der Waals surface area (Å²) in [6.07, 6.45) is 13.6. The Labute approximate surface area is 111 Å². The Morgan fingerprint density at radius 1 is 1.06 bits per heavy atom. The van der Waals surface area contributed by atoms with Crippen LogP contribution < -0.4 is 0 Å². The van der Waals surface area contributed by atoms with Crippen molar-refractivity contribution in [3.8, 4) is 0 Å². The standard InChI is InChI=1S/C16H27NO/c1-16(2)11-7-6-10-14(16)15(17-12-18)13-8-4-3-5-9-13/h13-15H,3-11H2,1-2H3. The van der Waals surface area contributed by atoms with Gasteiger partial charge < -0.3 is 0 Å². The molecule has 0 aromatic heterocycles. The molecule has 2 aliphatic rings. The molecule has 0 N–H and O–H groups in total. The van der Waals surface area contributed by atoms with Crippen LogP contribution in [-0.2, 0) is 4.79 Å². The van der Waals surface area contributed by atoms with E-state index in [1.807, 2.05) is 6.08 Å². The van der Waals surface area contributed by atoms with Crippen molar-refractivity contribution >= 4 is 6.08 Å². The lowest BCUT2D eigenvalue weighted by molar-refractivity contribution is 0.0812. The van der Waals surface area contributed by atoms with E-state index < -0.39 is 0 Å². The first-order chi connectivity index (χ1) is 8.65. The van der Waals surface area contributed by atoms with Crippen LogP contribution in [0.25, 0.3) is 0 Å². The maximum Gasteiger partial charge on any atom is 0.235 e. The Bertz CT molecular complexity index is 311. The zero-order valence-corrected chi connectivity index (χ0v) is 12.0. The number of hydrogen-bond acceptors (Lipinski definition) is 2. The first-order valence-corrected chi connectivity index (χ1v) is 7.72. The van der Waals surface area contributed by atoms with Crippen molar-refractivity contribution in [1.29, 1.82) is 0 Å². The van der Waals surface area contributed by atoms with Gasteiger partial charge in [-0.05, 0) is 42.9 Å². The fourth-order valence-corrected chi connectivity index (χ4v) is 4.21. The van der Waals surface area contributed by atoms with E-state index in [2.05, 4.69) is 18.8 Å². The molecule has 2 atom stereocenters. The lowest BCUT2D eigenvalue weighted by atomic mass is 9.62. The molecule has 2 unspecified atom stereocenters. The van der Waals surface area contributed by atoms with Crippen molar-refractivity contribution in [2.24, 2.45) is 22.2 Å². The molecular weight excluding hydrogens is 222 g/mol. The maximum atomic E-state index is 10.8. The number of nitrogens with zero attached hydrogens (tertiary/aromatic N) is 1. The van der Waals surface area contributed by atoms with E-state index >= 15 is 0 Å². The van der Waals surface area contributed by atoms with Crippen LogP contribution in [0, 0.1) is 17.3 Å². The molecule has 0 aromatic rings. The van der Waals surface area contributed by atoms with E-state index in [-0.39, 0.29) is 6.04 Å². The maximum absolute atomic E-state index is 10.8. The van der Waals surface area contributed by atoms with Gasteiger partial charge in [-0.15, -0.1) is 0 Å². The van der Waals surface area contributed by atoms with Gasteiger partial charge in [-0.1, -0.05) is 46.0 Å². The molecule has 2 heteroatoms. The largest absolute Gasteiger partial charge is 0.235 e. The first kappa shape index (κ1) is 13.8. The third kappa shape index (κ3) is 3.03. The highest BCUT2D eigenvalue weighted by Gasteiger charge is 2.40. The molecular formula is C16H27NO. The zero-order valence-electron chi connectivity index (χ0n) is 12.0. The number of hydrogen-bond donors (Lipinski definition) is 0. The van der Waals surface area contributed by atoms with Crippen LogP contribution in [0.15, 0.2) is 4.99 Å². The van der Waals surface area contributed by atoms with Crippen molar-refractivity contribution in [3.05, 3.63) is 0 Å². The van der Waals surface area contributed by atoms with Crippen LogP contribution in [0.2, 0.25) is 0 Å². The predicted molar refractivity (Wildman–Crippen MR) is 74.2 cm³/mol. The van der Waals surface area contributed by atoms with Crippen molar-refractivity contribution in [2.45, 2.75) is 77.7 Å². The average molecular weight is 249 g/mol. The highest BCUT2D eigenvalue weighted by molar-refractivity contribution is 5.34. The van der Waals surface area contributed by atoms with Crippen molar-refractivity contribution in [2.75, 3.05) is 0 Å². The minimum atomic E-state index is 0.248. The lowest BCUT2D eigenvalue weighted by Crippen LogP contribution is -2.40. The van der Waals surface area contributed by atoms with Gasteiger partial charge in [-0.25, -0.2) is 9.79 Å². The molecule has 2 rings (SSSR count). The first-order valence-electron chi connectivity index (χ1n) is 7.72. The van der Waals surface area contributed by atoms with Crippen LogP contribution >= 0.6 is 0 Å². The zero-order chi connectivity index (χ0) is 13.0. The smallest absolute Gasteiger partial charge is 0.211 e. The molecule has 0 amide bonds. The predicted octanol–water partition coefficient (Wildman–Crippen LogP) is 4.49. The monoisotopic (exact) mass is 249 g/mol. The number of isocyanates is 1. The second-order valence-corrected chi connectivity index (χ2v) is 6.95. The summed E-state index contributed by atoms with van der Waals surface area (Å²) in [5.41, 5.74) is 0.348. The highest BCUT2D eigenvalue weighted by Crippen LogP contribution is 2.46. The Balaban J connectivity index is 2.14. The summed E-state index contributed by atoms with van der Waals surface area (Å²) in [5, 5.41) is 0. The molecule has 0 aliphatic heterocycles. The second-order valence-electron chi connectivity index (χ2n) is 6.95. The third-order valence-electron chi connectivity index (χ3n) is 5.34. The molecule has 0 spiro atoms. The van der Waals surface area contributed by atoms with Crippen molar-refractivity contribution in [1.82, 2.24) is 0 Å². The summed E-state index contributed by atoms with van der Waals surface area (Å²) >= 11 is 0. The van der Waals surface area contributed by atoms with Gasteiger partial charge >= 0.3 is 0 Å². The molecule has 0 aromatic carbocycles. The molecule has 0 heterocycles. The molecule has 2 saturated carbocycles. The summed E-state index contributed by atoms with van der Waals surface area (Å²) in [7, 11) is 0. The van der Waals surface area contributed by atoms with E-state index in [0.29, 0.717) is 17.3 Å². The van der Waals surface area contributed by atoms with Crippen LogP contribution in [0.4, 0.5) is 0 Å². The summed E-state index contributed by atoms with van der Waals surface area (Å²) < 4.78 is 0. The minimum Gasteiger partial charge on any atom is -0.211 e. The van der Waals surface area contributed by atoms with Crippen molar-refractivity contribution in [3.63, 3.8) is 0 Å². The number of aliphatic imine (C=N–C) groups is 1. The molecule has 18 heavy (non-hydrogen) atoms. The highest BCUT2D eigenvalue weighted by atomic mass is 16.1. The molecule has 2 aliphatic carbocycles. The van der Waals surface area contributed by atoms with Gasteiger partial charge in [0.1, 0.15) is 0 Å². The Morgan fingerprint density at radius 2 is 1.72 bits per heavy atom. The van der Waals surface area contributed by atoms with E-state index in [1.54, 1.807) is 0 Å². The summed E-state index contributed by atoms with van der Waals surface area (Å²) in [4.78, 5) is 15.1. The van der Waals surface area contributed by atoms with Crippen LogP contribution in [-0.4, -0.2) is 12.1 Å². The fraction of sp³-hybridized carbons (Fsp3) is 0.938. The topological polar surface area (TPSA) is 29.4 Å². The molecule has 0 saturated heterocycles. The second kappa shape index (κ2) is 6.02. The minimum absolute atomic E-state index is 0.248. The quantitative estimate of drug-likeness (QED) is 0.535. The van der Waals surface area contributed by atoms with Gasteiger partial charge in [-0.3, -0.25) is 0 Å². The van der Waals surface area contributed by atoms with Crippen LogP contribution in [0.3, 0.4) is 0 Å². The molecule has 2 fully saturated rings. The van der Waals surface area contributed by atoms with Gasteiger partial charge in [0.25, 0.3) is 0 Å². The summed E-state index contributed by atoms with van der Waals surface area (Å²) in [5.74, 6) is 1.23. The van der Waals surface area contributed by atoms with E-state index in [0.717, 1.165) is 0 Å². The normalized spacial score (nSPS) is 30.4. The molecule has 102 valence electrons. The SMILES string of the molecule is CC1(C)CCCCC1C(N=C=O)C1CCCCC1. The Morgan fingerprint density at radius 3 is 2.33 bits per heavy atom. The molecule has 2 nitrogen and oxygen atoms in total. The molecule has 0 radical (unpaired) electrons. The Kier molecular flexibility index (Phi) is 4.61. The van der Waals surface area contributed by atoms with E-state index in [1.165, 1.54) is 57.8 Å². The number of carbonyl (C=O) groups excluding carboxylic acids is 1. The van der Waals surface area contributed by atoms with Gasteiger partial charge in [0, 0.05) is 0 Å². The van der Waals surface area contributed by atoms with Crippen molar-refractivity contribution < 1.29 is 4.79 Å². The van der Waals surface area contributed by atoms with E-state index in [4.69, 9.17) is 0 Å². The van der Waals surface area contributed by atoms with Gasteiger partial charge in [0.15, 0.2) is 0 Å². The van der Waals surface area contributed by atoms with Gasteiger partial charge in [-0.2, -0.15) is 0 Å². The van der Waals surface area contributed by atoms with Gasteiger partial charge in [0.05, 0.1) is 6.04 Å². The summed E-state index contributed by atoms with van der Waals surface area (Å²) in [6.45, 7) is 4.74.